The maximum atomic E-state index is 13.6. The molecule has 0 N–H and O–H groups in total. The van der Waals surface area contributed by atoms with Gasteiger partial charge in [-0.25, -0.2) is 8.42 Å². The van der Waals surface area contributed by atoms with Crippen molar-refractivity contribution in [2.75, 3.05) is 20.2 Å². The number of carbonyl (C=O) groups is 1. The van der Waals surface area contributed by atoms with E-state index in [2.05, 4.69) is 10.1 Å². The zero-order valence-corrected chi connectivity index (χ0v) is 21.5. The highest BCUT2D eigenvalue weighted by Gasteiger charge is 2.41. The normalized spacial score (nSPS) is 16.2. The molecule has 0 aliphatic carbocycles. The molecule has 2 heterocycles. The van der Waals surface area contributed by atoms with Crippen LogP contribution >= 0.6 is 0 Å². The maximum Gasteiger partial charge on any atom is 0.246 e. The van der Waals surface area contributed by atoms with Gasteiger partial charge in [0, 0.05) is 18.7 Å². The van der Waals surface area contributed by atoms with Crippen LogP contribution in [0.1, 0.15) is 25.7 Å². The molecule has 1 aromatic heterocycles. The van der Waals surface area contributed by atoms with E-state index in [4.69, 9.17) is 9.26 Å². The van der Waals surface area contributed by atoms with Gasteiger partial charge in [-0.05, 0) is 66.9 Å². The molecule has 9 nitrogen and oxygen atoms in total. The summed E-state index contributed by atoms with van der Waals surface area (Å²) < 4.78 is 39.1. The average molecular weight is 521 g/mol. The Morgan fingerprint density at radius 3 is 2.59 bits per heavy atom. The van der Waals surface area contributed by atoms with Gasteiger partial charge < -0.3 is 14.2 Å². The van der Waals surface area contributed by atoms with Gasteiger partial charge >= 0.3 is 0 Å². The Kier molecular flexibility index (Phi) is 6.94. The van der Waals surface area contributed by atoms with E-state index < -0.39 is 16.1 Å². The van der Waals surface area contributed by atoms with Crippen LogP contribution in [0.4, 0.5) is 0 Å². The van der Waals surface area contributed by atoms with Gasteiger partial charge in [0.1, 0.15) is 18.3 Å². The largest absolute Gasteiger partial charge is 0.497 e. The Labute approximate surface area is 215 Å². The summed E-state index contributed by atoms with van der Waals surface area (Å²) in [4.78, 5) is 19.7. The molecule has 37 heavy (non-hydrogen) atoms. The number of sulfonamides is 1. The van der Waals surface area contributed by atoms with Gasteiger partial charge in [-0.15, -0.1) is 0 Å². The van der Waals surface area contributed by atoms with Crippen molar-refractivity contribution in [3.63, 3.8) is 0 Å². The summed E-state index contributed by atoms with van der Waals surface area (Å²) in [7, 11) is -2.26. The van der Waals surface area contributed by atoms with Gasteiger partial charge in [0.2, 0.25) is 27.6 Å². The number of benzene rings is 3. The number of likely N-dealkylation sites (N-methyl/N-ethyl adjacent to an activating group) is 1. The first-order valence-corrected chi connectivity index (χ1v) is 13.6. The molecule has 0 unspecified atom stereocenters. The minimum atomic E-state index is -3.85. The zero-order chi connectivity index (χ0) is 26.0. The first-order chi connectivity index (χ1) is 17.9. The van der Waals surface area contributed by atoms with Crippen LogP contribution in [0.15, 0.2) is 76.1 Å². The van der Waals surface area contributed by atoms with Crippen molar-refractivity contribution in [1.82, 2.24) is 19.3 Å². The molecule has 4 aromatic rings. The van der Waals surface area contributed by atoms with Gasteiger partial charge in [0.25, 0.3) is 0 Å². The Morgan fingerprint density at radius 2 is 1.86 bits per heavy atom. The SMILES string of the molecule is CCN(Cc1nc(-c2ccc(OC)cc2)no1)C(=O)[C@@H]1CCCN1S(=O)(=O)c1ccc2ccccc2c1. The van der Waals surface area contributed by atoms with Crippen molar-refractivity contribution in [2.45, 2.75) is 37.2 Å². The van der Waals surface area contributed by atoms with Crippen molar-refractivity contribution < 1.29 is 22.5 Å². The lowest BCUT2D eigenvalue weighted by molar-refractivity contribution is -0.135. The summed E-state index contributed by atoms with van der Waals surface area (Å²) >= 11 is 0. The van der Waals surface area contributed by atoms with Crippen LogP contribution in [0.5, 0.6) is 5.75 Å². The van der Waals surface area contributed by atoms with Crippen molar-refractivity contribution >= 4 is 26.7 Å². The summed E-state index contributed by atoms with van der Waals surface area (Å²) in [6.45, 7) is 2.61. The van der Waals surface area contributed by atoms with Crippen LogP contribution in [0, 0.1) is 0 Å². The highest BCUT2D eigenvalue weighted by molar-refractivity contribution is 7.89. The lowest BCUT2D eigenvalue weighted by atomic mass is 10.1. The van der Waals surface area contributed by atoms with Crippen molar-refractivity contribution in [1.29, 1.82) is 0 Å². The second-order valence-corrected chi connectivity index (χ2v) is 10.8. The first-order valence-electron chi connectivity index (χ1n) is 12.2. The fourth-order valence-electron chi connectivity index (χ4n) is 4.63. The third kappa shape index (κ3) is 4.94. The topological polar surface area (TPSA) is 106 Å². The Bertz CT molecular complexity index is 1520. The molecule has 0 spiro atoms. The third-order valence-electron chi connectivity index (χ3n) is 6.65. The Morgan fingerprint density at radius 1 is 1.11 bits per heavy atom. The number of rotatable bonds is 8. The second kappa shape index (κ2) is 10.3. The van der Waals surface area contributed by atoms with Crippen LogP contribution < -0.4 is 4.74 Å². The molecule has 10 heteroatoms. The molecule has 1 aliphatic rings. The highest BCUT2D eigenvalue weighted by Crippen LogP contribution is 2.29. The number of hydrogen-bond acceptors (Lipinski definition) is 7. The van der Waals surface area contributed by atoms with E-state index in [1.54, 1.807) is 42.3 Å². The van der Waals surface area contributed by atoms with Crippen LogP contribution in [0.3, 0.4) is 0 Å². The third-order valence-corrected chi connectivity index (χ3v) is 8.56. The van der Waals surface area contributed by atoms with Gasteiger partial charge in [-0.1, -0.05) is 35.5 Å². The molecule has 1 saturated heterocycles. The molecule has 1 aliphatic heterocycles. The van der Waals surface area contributed by atoms with E-state index in [1.165, 1.54) is 4.31 Å². The minimum Gasteiger partial charge on any atom is -0.497 e. The molecule has 0 bridgehead atoms. The number of nitrogens with zero attached hydrogens (tertiary/aromatic N) is 4. The second-order valence-electron chi connectivity index (χ2n) is 8.88. The molecule has 1 atom stereocenters. The van der Waals surface area contributed by atoms with E-state index >= 15 is 0 Å². The van der Waals surface area contributed by atoms with Gasteiger partial charge in [-0.3, -0.25) is 4.79 Å². The van der Waals surface area contributed by atoms with E-state index in [9.17, 15) is 13.2 Å². The van der Waals surface area contributed by atoms with Crippen molar-refractivity contribution in [3.8, 4) is 17.1 Å². The quantitative estimate of drug-likeness (QED) is 0.344. The Balaban J connectivity index is 1.34. The number of aromatic nitrogens is 2. The number of amides is 1. The smallest absolute Gasteiger partial charge is 0.246 e. The summed E-state index contributed by atoms with van der Waals surface area (Å²) in [5, 5.41) is 5.83. The van der Waals surface area contributed by atoms with Crippen molar-refractivity contribution in [2.24, 2.45) is 0 Å². The maximum absolute atomic E-state index is 13.6. The summed E-state index contributed by atoms with van der Waals surface area (Å²) in [5.41, 5.74) is 0.758. The van der Waals surface area contributed by atoms with E-state index in [0.29, 0.717) is 31.8 Å². The van der Waals surface area contributed by atoms with E-state index in [1.807, 2.05) is 43.3 Å². The lowest BCUT2D eigenvalue weighted by Crippen LogP contribution is -2.47. The minimum absolute atomic E-state index is 0.0961. The van der Waals surface area contributed by atoms with Crippen LogP contribution in [-0.2, 0) is 21.4 Å². The summed E-state index contributed by atoms with van der Waals surface area (Å²) in [6.07, 6.45) is 1.08. The van der Waals surface area contributed by atoms with Gasteiger partial charge in [0.05, 0.1) is 12.0 Å². The zero-order valence-electron chi connectivity index (χ0n) is 20.7. The lowest BCUT2D eigenvalue weighted by Gasteiger charge is -2.28. The molecule has 5 rings (SSSR count). The predicted octanol–water partition coefficient (Wildman–Crippen LogP) is 4.10. The van der Waals surface area contributed by atoms with Gasteiger partial charge in [-0.2, -0.15) is 9.29 Å². The van der Waals surface area contributed by atoms with E-state index in [-0.39, 0.29) is 23.2 Å². The molecule has 3 aromatic carbocycles. The summed E-state index contributed by atoms with van der Waals surface area (Å²) in [5.74, 6) is 1.13. The number of ether oxygens (including phenoxy) is 1. The average Bonchev–Trinajstić information content (AvgIpc) is 3.62. The van der Waals surface area contributed by atoms with Crippen LogP contribution in [0.25, 0.3) is 22.2 Å². The number of methoxy groups -OCH3 is 1. The van der Waals surface area contributed by atoms with Crippen molar-refractivity contribution in [3.05, 3.63) is 72.6 Å². The van der Waals surface area contributed by atoms with Crippen LogP contribution in [0.2, 0.25) is 0 Å². The number of hydrogen-bond donors (Lipinski definition) is 0. The monoisotopic (exact) mass is 520 g/mol. The Hall–Kier alpha value is -3.76. The fourth-order valence-corrected chi connectivity index (χ4v) is 6.32. The van der Waals surface area contributed by atoms with Gasteiger partial charge in [0.15, 0.2) is 0 Å². The van der Waals surface area contributed by atoms with Crippen LogP contribution in [-0.4, -0.2) is 59.9 Å². The molecule has 192 valence electrons. The number of fused-ring (bicyclic) bond motifs is 1. The number of carbonyl (C=O) groups excluding carboxylic acids is 1. The highest BCUT2D eigenvalue weighted by atomic mass is 32.2. The molecule has 1 fully saturated rings. The predicted molar refractivity (Wildman–Crippen MR) is 138 cm³/mol. The molecular formula is C27H28N4O5S. The molecule has 0 radical (unpaired) electrons. The fraction of sp³-hybridized carbons (Fsp3) is 0.296. The molecule has 0 saturated carbocycles. The molecular weight excluding hydrogens is 492 g/mol. The first kappa shape index (κ1) is 24.9. The summed E-state index contributed by atoms with van der Waals surface area (Å²) in [6, 6.07) is 19.1. The standard InChI is InChI=1S/C27H28N4O5S/c1-3-30(18-25-28-26(29-36-25)20-10-13-22(35-2)14-11-20)27(32)24-9-6-16-31(24)37(33,34)23-15-12-19-7-4-5-8-21(19)17-23/h4-5,7-8,10-15,17,24H,3,6,9,16,18H2,1-2H3/t24-/m0/s1. The molecule has 1 amide bonds. The van der Waals surface area contributed by atoms with E-state index in [0.717, 1.165) is 22.1 Å².